The molecule has 18 heavy (non-hydrogen) atoms. The third-order valence-electron chi connectivity index (χ3n) is 2.68. The zero-order valence-electron chi connectivity index (χ0n) is 9.79. The second kappa shape index (κ2) is 4.38. The fraction of sp³-hybridized carbons (Fsp3) is 0.250. The summed E-state index contributed by atoms with van der Waals surface area (Å²) in [4.78, 5) is 22.4. The Morgan fingerprint density at radius 3 is 3.22 bits per heavy atom. The van der Waals surface area contributed by atoms with Crippen molar-refractivity contribution < 1.29 is 9.53 Å². The van der Waals surface area contributed by atoms with Crippen molar-refractivity contribution in [2.45, 2.75) is 6.92 Å². The lowest BCUT2D eigenvalue weighted by atomic mass is 10.3. The fourth-order valence-corrected chi connectivity index (χ4v) is 2.45. The standard InChI is InChI=1S/C12H11N3O2S/c1-8-14-9(7-18-8)12(16)15-5-6-17-11-10(15)3-2-4-13-11/h2-4,7H,5-6H2,1H3. The Kier molecular flexibility index (Phi) is 2.71. The van der Waals surface area contributed by atoms with Crippen LogP contribution in [-0.4, -0.2) is 29.0 Å². The van der Waals surface area contributed by atoms with E-state index < -0.39 is 0 Å². The minimum atomic E-state index is -0.100. The zero-order chi connectivity index (χ0) is 12.5. The third kappa shape index (κ3) is 1.84. The molecule has 92 valence electrons. The van der Waals surface area contributed by atoms with Gasteiger partial charge in [-0.3, -0.25) is 9.69 Å². The van der Waals surface area contributed by atoms with E-state index in [-0.39, 0.29) is 5.91 Å². The van der Waals surface area contributed by atoms with Crippen molar-refractivity contribution in [1.29, 1.82) is 0 Å². The summed E-state index contributed by atoms with van der Waals surface area (Å²) >= 11 is 1.47. The van der Waals surface area contributed by atoms with Gasteiger partial charge < -0.3 is 4.74 Å². The molecule has 0 radical (unpaired) electrons. The molecule has 5 nitrogen and oxygen atoms in total. The first-order valence-electron chi connectivity index (χ1n) is 5.57. The van der Waals surface area contributed by atoms with Crippen LogP contribution in [0.25, 0.3) is 0 Å². The van der Waals surface area contributed by atoms with Crippen LogP contribution in [0.15, 0.2) is 23.7 Å². The van der Waals surface area contributed by atoms with Crippen LogP contribution in [0.1, 0.15) is 15.5 Å². The topological polar surface area (TPSA) is 55.3 Å². The number of fused-ring (bicyclic) bond motifs is 1. The average Bonchev–Trinajstić information content (AvgIpc) is 2.84. The van der Waals surface area contributed by atoms with Crippen molar-refractivity contribution in [2.75, 3.05) is 18.1 Å². The van der Waals surface area contributed by atoms with Gasteiger partial charge >= 0.3 is 0 Å². The number of nitrogens with zero attached hydrogens (tertiary/aromatic N) is 3. The van der Waals surface area contributed by atoms with E-state index in [0.29, 0.717) is 30.4 Å². The minimum Gasteiger partial charge on any atom is -0.474 e. The van der Waals surface area contributed by atoms with Gasteiger partial charge in [0, 0.05) is 11.6 Å². The fourth-order valence-electron chi connectivity index (χ4n) is 1.86. The summed E-state index contributed by atoms with van der Waals surface area (Å²) in [6.45, 7) is 2.86. The molecular weight excluding hydrogens is 250 g/mol. The Balaban J connectivity index is 1.96. The van der Waals surface area contributed by atoms with Gasteiger partial charge in [-0.05, 0) is 19.1 Å². The SMILES string of the molecule is Cc1nc(C(=O)N2CCOc3ncccc32)cs1. The largest absolute Gasteiger partial charge is 0.474 e. The molecule has 0 bridgehead atoms. The number of pyridine rings is 1. The highest BCUT2D eigenvalue weighted by atomic mass is 32.1. The van der Waals surface area contributed by atoms with Gasteiger partial charge in [-0.15, -0.1) is 11.3 Å². The Morgan fingerprint density at radius 1 is 1.56 bits per heavy atom. The van der Waals surface area contributed by atoms with Crippen LogP contribution in [0.2, 0.25) is 0 Å². The summed E-state index contributed by atoms with van der Waals surface area (Å²) in [6.07, 6.45) is 1.65. The number of carbonyl (C=O) groups excluding carboxylic acids is 1. The molecule has 2 aromatic rings. The quantitative estimate of drug-likeness (QED) is 0.786. The lowest BCUT2D eigenvalue weighted by molar-refractivity contribution is 0.0971. The van der Waals surface area contributed by atoms with Gasteiger partial charge in [-0.25, -0.2) is 9.97 Å². The molecule has 3 rings (SSSR count). The maximum atomic E-state index is 12.4. The summed E-state index contributed by atoms with van der Waals surface area (Å²) in [5, 5.41) is 2.67. The first-order chi connectivity index (χ1) is 8.75. The highest BCUT2D eigenvalue weighted by Crippen LogP contribution is 2.29. The summed E-state index contributed by atoms with van der Waals surface area (Å²) in [5.41, 5.74) is 1.19. The molecular formula is C12H11N3O2S. The smallest absolute Gasteiger partial charge is 0.278 e. The Hall–Kier alpha value is -1.95. The second-order valence-corrected chi connectivity index (χ2v) is 4.95. The van der Waals surface area contributed by atoms with Gasteiger partial charge in [-0.2, -0.15) is 0 Å². The monoisotopic (exact) mass is 261 g/mol. The number of thiazole rings is 1. The van der Waals surface area contributed by atoms with E-state index in [4.69, 9.17) is 4.74 Å². The van der Waals surface area contributed by atoms with Crippen LogP contribution >= 0.6 is 11.3 Å². The normalized spacial score (nSPS) is 13.9. The van der Waals surface area contributed by atoms with E-state index in [9.17, 15) is 4.79 Å². The van der Waals surface area contributed by atoms with Gasteiger partial charge in [0.15, 0.2) is 0 Å². The highest BCUT2D eigenvalue weighted by Gasteiger charge is 2.26. The van der Waals surface area contributed by atoms with Gasteiger partial charge in [0.25, 0.3) is 5.91 Å². The molecule has 2 aromatic heterocycles. The Bertz CT molecular complexity index is 597. The number of hydrogen-bond donors (Lipinski definition) is 0. The molecule has 0 aromatic carbocycles. The number of anilines is 1. The molecule has 0 fully saturated rings. The minimum absolute atomic E-state index is 0.100. The highest BCUT2D eigenvalue weighted by molar-refractivity contribution is 7.09. The maximum Gasteiger partial charge on any atom is 0.278 e. The predicted octanol–water partition coefficient (Wildman–Crippen LogP) is 1.89. The molecule has 0 spiro atoms. The van der Waals surface area contributed by atoms with E-state index in [1.807, 2.05) is 13.0 Å². The number of ether oxygens (including phenoxy) is 1. The number of aryl methyl sites for hydroxylation is 1. The van der Waals surface area contributed by atoms with E-state index in [1.54, 1.807) is 22.5 Å². The van der Waals surface area contributed by atoms with Crippen molar-refractivity contribution in [3.8, 4) is 5.88 Å². The average molecular weight is 261 g/mol. The van der Waals surface area contributed by atoms with Gasteiger partial charge in [0.2, 0.25) is 5.88 Å². The molecule has 3 heterocycles. The number of carbonyl (C=O) groups is 1. The van der Waals surface area contributed by atoms with Gasteiger partial charge in [-0.1, -0.05) is 0 Å². The zero-order valence-corrected chi connectivity index (χ0v) is 10.6. The van der Waals surface area contributed by atoms with Crippen LogP contribution in [0.5, 0.6) is 5.88 Å². The van der Waals surface area contributed by atoms with E-state index >= 15 is 0 Å². The van der Waals surface area contributed by atoms with E-state index in [2.05, 4.69) is 9.97 Å². The van der Waals surface area contributed by atoms with Gasteiger partial charge in [0.1, 0.15) is 18.0 Å². The molecule has 0 saturated heterocycles. The van der Waals surface area contributed by atoms with Crippen LogP contribution in [0.4, 0.5) is 5.69 Å². The van der Waals surface area contributed by atoms with Crippen molar-refractivity contribution in [3.63, 3.8) is 0 Å². The molecule has 0 N–H and O–H groups in total. The second-order valence-electron chi connectivity index (χ2n) is 3.88. The third-order valence-corrected chi connectivity index (χ3v) is 3.45. The van der Waals surface area contributed by atoms with Crippen LogP contribution < -0.4 is 9.64 Å². The summed E-state index contributed by atoms with van der Waals surface area (Å²) in [5.74, 6) is 0.404. The first-order valence-corrected chi connectivity index (χ1v) is 6.45. The van der Waals surface area contributed by atoms with E-state index in [1.165, 1.54) is 11.3 Å². The Morgan fingerprint density at radius 2 is 2.44 bits per heavy atom. The van der Waals surface area contributed by atoms with Crippen molar-refractivity contribution in [3.05, 3.63) is 34.4 Å². The maximum absolute atomic E-state index is 12.4. The van der Waals surface area contributed by atoms with E-state index in [0.717, 1.165) is 5.01 Å². The molecule has 1 amide bonds. The van der Waals surface area contributed by atoms with Crippen LogP contribution in [-0.2, 0) is 0 Å². The lowest BCUT2D eigenvalue weighted by Crippen LogP contribution is -2.38. The summed E-state index contributed by atoms with van der Waals surface area (Å²) < 4.78 is 5.42. The van der Waals surface area contributed by atoms with Crippen molar-refractivity contribution in [1.82, 2.24) is 9.97 Å². The van der Waals surface area contributed by atoms with Crippen molar-refractivity contribution in [2.24, 2.45) is 0 Å². The molecule has 1 aliphatic heterocycles. The molecule has 0 aliphatic carbocycles. The molecule has 1 aliphatic rings. The predicted molar refractivity (Wildman–Crippen MR) is 68.3 cm³/mol. The number of rotatable bonds is 1. The molecule has 0 atom stereocenters. The van der Waals surface area contributed by atoms with Crippen LogP contribution in [0.3, 0.4) is 0 Å². The van der Waals surface area contributed by atoms with Crippen LogP contribution in [0, 0.1) is 6.92 Å². The summed E-state index contributed by atoms with van der Waals surface area (Å²) in [7, 11) is 0. The lowest BCUT2D eigenvalue weighted by Gasteiger charge is -2.27. The van der Waals surface area contributed by atoms with Crippen molar-refractivity contribution >= 4 is 22.9 Å². The first kappa shape index (κ1) is 11.2. The summed E-state index contributed by atoms with van der Waals surface area (Å²) in [6, 6.07) is 3.62. The van der Waals surface area contributed by atoms with Gasteiger partial charge in [0.05, 0.1) is 11.6 Å². The number of aromatic nitrogens is 2. The number of hydrogen-bond acceptors (Lipinski definition) is 5. The molecule has 6 heteroatoms. The molecule has 0 saturated carbocycles. The number of amides is 1. The Labute approximate surface area is 108 Å². The molecule has 0 unspecified atom stereocenters.